The number of benzene rings is 1. The molecule has 1 heterocycles. The van der Waals surface area contributed by atoms with Crippen LogP contribution in [0.25, 0.3) is 0 Å². The summed E-state index contributed by atoms with van der Waals surface area (Å²) in [6.45, 7) is 9.87. The highest BCUT2D eigenvalue weighted by Crippen LogP contribution is 2.13. The maximum atomic E-state index is 11.8. The highest BCUT2D eigenvalue weighted by Gasteiger charge is 2.16. The molecule has 0 bridgehead atoms. The minimum Gasteiger partial charge on any atom is -0.384 e. The molecule has 1 fully saturated rings. The van der Waals surface area contributed by atoms with Gasteiger partial charge in [0.1, 0.15) is 5.60 Å². The minimum absolute atomic E-state index is 0.474. The second-order valence-corrected chi connectivity index (χ2v) is 6.62. The van der Waals surface area contributed by atoms with Crippen LogP contribution in [0.2, 0.25) is 0 Å². The van der Waals surface area contributed by atoms with Gasteiger partial charge in [-0.2, -0.15) is 4.89 Å². The fraction of sp³-hybridized carbons (Fsp3) is 0.588. The first-order valence-electron chi connectivity index (χ1n) is 7.90. The third kappa shape index (κ3) is 5.66. The molecule has 2 rings (SSSR count). The molecule has 5 nitrogen and oxygen atoms in total. The summed E-state index contributed by atoms with van der Waals surface area (Å²) >= 11 is 0. The maximum absolute atomic E-state index is 11.8. The number of nitrogens with zero attached hydrogens (tertiary/aromatic N) is 1. The summed E-state index contributed by atoms with van der Waals surface area (Å²) in [7, 11) is 0. The molecule has 5 heteroatoms. The van der Waals surface area contributed by atoms with Crippen molar-refractivity contribution in [2.45, 2.75) is 39.2 Å². The van der Waals surface area contributed by atoms with Gasteiger partial charge in [-0.25, -0.2) is 4.79 Å². The molecule has 1 N–H and O–H groups in total. The first-order chi connectivity index (χ1) is 10.4. The molecule has 0 amide bonds. The van der Waals surface area contributed by atoms with E-state index in [1.54, 1.807) is 12.1 Å². The number of nitrogens with one attached hydrogen (secondary N) is 1. The lowest BCUT2D eigenvalue weighted by Crippen LogP contribution is -2.25. The van der Waals surface area contributed by atoms with E-state index in [0.29, 0.717) is 5.56 Å². The zero-order chi connectivity index (χ0) is 16.0. The van der Waals surface area contributed by atoms with Crippen molar-refractivity contribution in [1.29, 1.82) is 0 Å². The maximum Gasteiger partial charge on any atom is 0.373 e. The third-order valence-electron chi connectivity index (χ3n) is 3.44. The van der Waals surface area contributed by atoms with Crippen molar-refractivity contribution in [3.63, 3.8) is 0 Å². The van der Waals surface area contributed by atoms with Crippen LogP contribution in [0.3, 0.4) is 0 Å². The van der Waals surface area contributed by atoms with Crippen molar-refractivity contribution in [3.05, 3.63) is 29.8 Å². The molecule has 1 aliphatic heterocycles. The molecule has 0 atom stereocenters. The van der Waals surface area contributed by atoms with Gasteiger partial charge in [0, 0.05) is 18.8 Å². The Morgan fingerprint density at radius 2 is 1.82 bits per heavy atom. The van der Waals surface area contributed by atoms with Crippen LogP contribution in [0.4, 0.5) is 5.69 Å². The monoisotopic (exact) mass is 306 g/mol. The highest BCUT2D eigenvalue weighted by molar-refractivity contribution is 5.89. The molecule has 1 aromatic carbocycles. The van der Waals surface area contributed by atoms with Crippen molar-refractivity contribution in [1.82, 2.24) is 4.90 Å². The zero-order valence-corrected chi connectivity index (χ0v) is 13.7. The van der Waals surface area contributed by atoms with E-state index in [9.17, 15) is 4.79 Å². The number of carbonyl (C=O) groups is 1. The SMILES string of the molecule is CC(C)(C)OOC(=O)c1ccc(NCCN2CCCC2)cc1. The van der Waals surface area contributed by atoms with Gasteiger partial charge in [-0.15, -0.1) is 0 Å². The predicted octanol–water partition coefficient (Wildman–Crippen LogP) is 3.08. The summed E-state index contributed by atoms with van der Waals surface area (Å²) < 4.78 is 0. The molecule has 0 spiro atoms. The van der Waals surface area contributed by atoms with E-state index in [-0.39, 0.29) is 0 Å². The topological polar surface area (TPSA) is 50.8 Å². The van der Waals surface area contributed by atoms with Crippen molar-refractivity contribution in [2.24, 2.45) is 0 Å². The average molecular weight is 306 g/mol. The molecule has 1 aromatic rings. The molecule has 122 valence electrons. The van der Waals surface area contributed by atoms with Gasteiger partial charge in [0.2, 0.25) is 0 Å². The summed E-state index contributed by atoms with van der Waals surface area (Å²) in [6.07, 6.45) is 2.63. The standard InChI is InChI=1S/C17H26N2O3/c1-17(2,3)22-21-16(20)14-6-8-15(9-7-14)18-10-13-19-11-4-5-12-19/h6-9,18H,4-5,10-13H2,1-3H3. The van der Waals surface area contributed by atoms with Gasteiger partial charge < -0.3 is 10.2 Å². The minimum atomic E-state index is -0.507. The molecule has 0 aliphatic carbocycles. The van der Waals surface area contributed by atoms with Gasteiger partial charge in [-0.1, -0.05) is 0 Å². The fourth-order valence-corrected chi connectivity index (χ4v) is 2.30. The number of hydrogen-bond donors (Lipinski definition) is 1. The van der Waals surface area contributed by atoms with Crippen molar-refractivity contribution in [2.75, 3.05) is 31.5 Å². The van der Waals surface area contributed by atoms with Gasteiger partial charge >= 0.3 is 5.97 Å². The van der Waals surface area contributed by atoms with E-state index in [1.807, 2.05) is 32.9 Å². The second-order valence-electron chi connectivity index (χ2n) is 6.62. The third-order valence-corrected chi connectivity index (χ3v) is 3.44. The van der Waals surface area contributed by atoms with Crippen LogP contribution in [0.15, 0.2) is 24.3 Å². The number of likely N-dealkylation sites (tertiary alicyclic amines) is 1. The number of rotatable bonds is 6. The van der Waals surface area contributed by atoms with Crippen molar-refractivity contribution >= 4 is 11.7 Å². The van der Waals surface area contributed by atoms with E-state index in [4.69, 9.17) is 9.78 Å². The molecule has 0 saturated carbocycles. The molecule has 0 radical (unpaired) electrons. The molecule has 0 aromatic heterocycles. The summed E-state index contributed by atoms with van der Waals surface area (Å²) in [5.74, 6) is -0.474. The van der Waals surface area contributed by atoms with Crippen LogP contribution in [0.5, 0.6) is 0 Å². The van der Waals surface area contributed by atoms with Crippen LogP contribution in [0.1, 0.15) is 44.0 Å². The van der Waals surface area contributed by atoms with Crippen LogP contribution in [0, 0.1) is 0 Å². The van der Waals surface area contributed by atoms with E-state index in [1.165, 1.54) is 25.9 Å². The normalized spacial score (nSPS) is 15.8. The second kappa shape index (κ2) is 7.61. The molecule has 1 aliphatic rings. The van der Waals surface area contributed by atoms with Crippen molar-refractivity contribution < 1.29 is 14.6 Å². The van der Waals surface area contributed by atoms with Gasteiger partial charge in [0.05, 0.1) is 5.56 Å². The number of carbonyl (C=O) groups excluding carboxylic acids is 1. The van der Waals surface area contributed by atoms with Crippen LogP contribution in [-0.4, -0.2) is 42.6 Å². The summed E-state index contributed by atoms with van der Waals surface area (Å²) in [6, 6.07) is 7.26. The lowest BCUT2D eigenvalue weighted by Gasteiger charge is -2.17. The first kappa shape index (κ1) is 16.8. The Morgan fingerprint density at radius 1 is 1.18 bits per heavy atom. The van der Waals surface area contributed by atoms with Gasteiger partial charge in [-0.3, -0.25) is 4.89 Å². The first-order valence-corrected chi connectivity index (χ1v) is 7.90. The van der Waals surface area contributed by atoms with Crippen LogP contribution >= 0.6 is 0 Å². The molecular formula is C17H26N2O3. The van der Waals surface area contributed by atoms with E-state index in [2.05, 4.69) is 10.2 Å². The van der Waals surface area contributed by atoms with Crippen LogP contribution < -0.4 is 5.32 Å². The number of anilines is 1. The van der Waals surface area contributed by atoms with Gasteiger partial charge in [0.15, 0.2) is 0 Å². The summed E-state index contributed by atoms with van der Waals surface area (Å²) in [4.78, 5) is 24.1. The molecular weight excluding hydrogens is 280 g/mol. The molecule has 22 heavy (non-hydrogen) atoms. The Kier molecular flexibility index (Phi) is 5.80. The van der Waals surface area contributed by atoms with E-state index < -0.39 is 11.6 Å². The molecule has 1 saturated heterocycles. The largest absolute Gasteiger partial charge is 0.384 e. The Bertz CT molecular complexity index is 474. The smallest absolute Gasteiger partial charge is 0.373 e. The zero-order valence-electron chi connectivity index (χ0n) is 13.7. The Hall–Kier alpha value is -1.59. The Balaban J connectivity index is 1.75. The van der Waals surface area contributed by atoms with Crippen molar-refractivity contribution in [3.8, 4) is 0 Å². The van der Waals surface area contributed by atoms with E-state index >= 15 is 0 Å². The van der Waals surface area contributed by atoms with Crippen LogP contribution in [-0.2, 0) is 9.78 Å². The van der Waals surface area contributed by atoms with E-state index in [0.717, 1.165) is 18.8 Å². The Morgan fingerprint density at radius 3 is 2.41 bits per heavy atom. The quantitative estimate of drug-likeness (QED) is 0.646. The molecule has 0 unspecified atom stereocenters. The van der Waals surface area contributed by atoms with Gasteiger partial charge in [-0.05, 0) is 71.0 Å². The Labute approximate surface area is 132 Å². The lowest BCUT2D eigenvalue weighted by molar-refractivity contribution is -0.301. The number of hydrogen-bond acceptors (Lipinski definition) is 5. The summed E-state index contributed by atoms with van der Waals surface area (Å²) in [5.41, 5.74) is 0.981. The van der Waals surface area contributed by atoms with Gasteiger partial charge in [0.25, 0.3) is 0 Å². The summed E-state index contributed by atoms with van der Waals surface area (Å²) in [5, 5.41) is 3.37. The predicted molar refractivity (Wildman–Crippen MR) is 86.9 cm³/mol. The highest BCUT2D eigenvalue weighted by atomic mass is 17.2. The lowest BCUT2D eigenvalue weighted by atomic mass is 10.2. The fourth-order valence-electron chi connectivity index (χ4n) is 2.30. The average Bonchev–Trinajstić information content (AvgIpc) is 2.98.